The van der Waals surface area contributed by atoms with Crippen LogP contribution in [0.3, 0.4) is 0 Å². The molecule has 176 valence electrons. The van der Waals surface area contributed by atoms with Crippen molar-refractivity contribution in [1.29, 1.82) is 0 Å². The molecule has 1 heterocycles. The maximum absolute atomic E-state index is 13.4. The number of ether oxygens (including phenoxy) is 1. The number of primary sulfonamides is 1. The van der Waals surface area contributed by atoms with E-state index in [2.05, 4.69) is 10.3 Å². The summed E-state index contributed by atoms with van der Waals surface area (Å²) in [6.07, 6.45) is 0. The van der Waals surface area contributed by atoms with E-state index in [0.717, 1.165) is 11.1 Å². The molecule has 4 aromatic rings. The number of hydrogen-bond donors (Lipinski definition) is 2. The SMILES string of the molecule is CCn1c(S[C@@H](C(=O)Nc2cccc(OC)c2)c2ccccc2)nc2cc(S(N)(=O)=O)ccc21. The quantitative estimate of drug-likeness (QED) is 0.354. The van der Waals surface area contributed by atoms with Crippen molar-refractivity contribution in [2.24, 2.45) is 5.14 Å². The van der Waals surface area contributed by atoms with E-state index in [1.165, 1.54) is 23.9 Å². The highest BCUT2D eigenvalue weighted by Crippen LogP contribution is 2.37. The lowest BCUT2D eigenvalue weighted by molar-refractivity contribution is -0.115. The van der Waals surface area contributed by atoms with Crippen LogP contribution in [-0.2, 0) is 21.4 Å². The van der Waals surface area contributed by atoms with Crippen molar-refractivity contribution in [3.05, 3.63) is 78.4 Å². The van der Waals surface area contributed by atoms with Gasteiger partial charge in [-0.2, -0.15) is 0 Å². The number of nitrogens with two attached hydrogens (primary N) is 1. The Bertz CT molecular complexity index is 1440. The minimum absolute atomic E-state index is 0.00678. The fraction of sp³-hybridized carbons (Fsp3) is 0.167. The van der Waals surface area contributed by atoms with Crippen LogP contribution in [0.25, 0.3) is 11.0 Å². The molecular weight excluding hydrogens is 472 g/mol. The number of rotatable bonds is 8. The molecule has 0 bridgehead atoms. The van der Waals surface area contributed by atoms with Gasteiger partial charge in [-0.15, -0.1) is 0 Å². The molecule has 0 fully saturated rings. The number of aromatic nitrogens is 2. The lowest BCUT2D eigenvalue weighted by Gasteiger charge is -2.17. The van der Waals surface area contributed by atoms with Crippen molar-refractivity contribution in [2.45, 2.75) is 28.8 Å². The molecule has 1 amide bonds. The van der Waals surface area contributed by atoms with Crippen LogP contribution in [0.2, 0.25) is 0 Å². The number of nitrogens with one attached hydrogen (secondary N) is 1. The molecule has 10 heteroatoms. The van der Waals surface area contributed by atoms with E-state index < -0.39 is 15.3 Å². The lowest BCUT2D eigenvalue weighted by Crippen LogP contribution is -2.19. The minimum Gasteiger partial charge on any atom is -0.497 e. The molecule has 8 nitrogen and oxygen atoms in total. The highest BCUT2D eigenvalue weighted by Gasteiger charge is 2.25. The topological polar surface area (TPSA) is 116 Å². The number of benzene rings is 3. The lowest BCUT2D eigenvalue weighted by atomic mass is 10.1. The summed E-state index contributed by atoms with van der Waals surface area (Å²) < 4.78 is 30.8. The highest BCUT2D eigenvalue weighted by molar-refractivity contribution is 8.00. The van der Waals surface area contributed by atoms with Gasteiger partial charge in [0, 0.05) is 18.3 Å². The Kier molecular flexibility index (Phi) is 6.92. The molecule has 34 heavy (non-hydrogen) atoms. The second-order valence-corrected chi connectivity index (χ2v) is 10.1. The number of imidazole rings is 1. The van der Waals surface area contributed by atoms with E-state index in [9.17, 15) is 13.2 Å². The summed E-state index contributed by atoms with van der Waals surface area (Å²) in [6, 6.07) is 21.2. The van der Waals surface area contributed by atoms with Crippen LogP contribution in [0.15, 0.2) is 82.8 Å². The van der Waals surface area contributed by atoms with Gasteiger partial charge in [0.25, 0.3) is 0 Å². The predicted molar refractivity (Wildman–Crippen MR) is 133 cm³/mol. The molecular formula is C24H24N4O4S2. The van der Waals surface area contributed by atoms with Crippen LogP contribution in [0.5, 0.6) is 5.75 Å². The monoisotopic (exact) mass is 496 g/mol. The molecule has 0 saturated heterocycles. The number of carbonyl (C=O) groups excluding carboxylic acids is 1. The second-order valence-electron chi connectivity index (χ2n) is 7.46. The first-order chi connectivity index (χ1) is 16.3. The van der Waals surface area contributed by atoms with E-state index in [0.29, 0.717) is 28.7 Å². The minimum atomic E-state index is -3.85. The molecule has 0 spiro atoms. The number of amides is 1. The fourth-order valence-corrected chi connectivity index (χ4v) is 5.28. The number of fused-ring (bicyclic) bond motifs is 1. The van der Waals surface area contributed by atoms with Gasteiger partial charge in [-0.3, -0.25) is 4.79 Å². The molecule has 3 N–H and O–H groups in total. The Morgan fingerprint density at radius 1 is 1.12 bits per heavy atom. The average Bonchev–Trinajstić information content (AvgIpc) is 3.19. The average molecular weight is 497 g/mol. The zero-order chi connectivity index (χ0) is 24.3. The van der Waals surface area contributed by atoms with Gasteiger partial charge < -0.3 is 14.6 Å². The third-order valence-electron chi connectivity index (χ3n) is 5.23. The predicted octanol–water partition coefficient (Wildman–Crippen LogP) is 4.18. The second kappa shape index (κ2) is 9.88. The Labute approximate surface area is 202 Å². The van der Waals surface area contributed by atoms with Crippen LogP contribution in [0.1, 0.15) is 17.7 Å². The first-order valence-electron chi connectivity index (χ1n) is 10.5. The summed E-state index contributed by atoms with van der Waals surface area (Å²) in [6.45, 7) is 2.55. The van der Waals surface area contributed by atoms with Crippen LogP contribution >= 0.6 is 11.8 Å². The molecule has 4 rings (SSSR count). The van der Waals surface area contributed by atoms with Gasteiger partial charge in [0.15, 0.2) is 5.16 Å². The van der Waals surface area contributed by atoms with Crippen molar-refractivity contribution in [2.75, 3.05) is 12.4 Å². The number of nitrogens with zero attached hydrogens (tertiary/aromatic N) is 2. The van der Waals surface area contributed by atoms with Gasteiger partial charge in [-0.1, -0.05) is 48.2 Å². The smallest absolute Gasteiger partial charge is 0.242 e. The largest absolute Gasteiger partial charge is 0.497 e. The molecule has 0 saturated carbocycles. The number of methoxy groups -OCH3 is 1. The Morgan fingerprint density at radius 2 is 1.88 bits per heavy atom. The molecule has 1 atom stereocenters. The Hall–Kier alpha value is -3.34. The maximum Gasteiger partial charge on any atom is 0.242 e. The highest BCUT2D eigenvalue weighted by atomic mass is 32.2. The summed E-state index contributed by atoms with van der Waals surface area (Å²) in [4.78, 5) is 18.1. The summed E-state index contributed by atoms with van der Waals surface area (Å²) in [5.41, 5.74) is 2.69. The van der Waals surface area contributed by atoms with Crippen LogP contribution in [0.4, 0.5) is 5.69 Å². The standard InChI is InChI=1S/C24H24N4O4S2/c1-3-28-21-13-12-19(34(25,30)31)15-20(21)27-24(28)33-22(16-8-5-4-6-9-16)23(29)26-17-10-7-11-18(14-17)32-2/h4-15,22H,3H2,1-2H3,(H,26,29)(H2,25,30,31)/t22-/m1/s1. The number of sulfonamides is 1. The Balaban J connectivity index is 1.72. The van der Waals surface area contributed by atoms with Crippen molar-refractivity contribution in [1.82, 2.24) is 9.55 Å². The molecule has 1 aromatic heterocycles. The van der Waals surface area contributed by atoms with Gasteiger partial charge in [0.1, 0.15) is 11.0 Å². The molecule has 3 aromatic carbocycles. The summed E-state index contributed by atoms with van der Waals surface area (Å²) in [5, 5.41) is 8.24. The summed E-state index contributed by atoms with van der Waals surface area (Å²) in [7, 11) is -2.29. The van der Waals surface area contributed by atoms with Crippen molar-refractivity contribution >= 4 is 44.4 Å². The van der Waals surface area contributed by atoms with E-state index in [1.54, 1.807) is 37.4 Å². The third-order valence-corrected chi connectivity index (χ3v) is 7.39. The molecule has 0 aliphatic carbocycles. The number of hydrogen-bond acceptors (Lipinski definition) is 6. The normalized spacial score (nSPS) is 12.4. The first-order valence-corrected chi connectivity index (χ1v) is 12.9. The van der Waals surface area contributed by atoms with Gasteiger partial charge in [-0.25, -0.2) is 18.5 Å². The third kappa shape index (κ3) is 5.09. The number of carbonyl (C=O) groups is 1. The van der Waals surface area contributed by atoms with Crippen molar-refractivity contribution < 1.29 is 17.9 Å². The van der Waals surface area contributed by atoms with E-state index >= 15 is 0 Å². The van der Waals surface area contributed by atoms with Crippen LogP contribution < -0.4 is 15.2 Å². The van der Waals surface area contributed by atoms with Gasteiger partial charge in [0.05, 0.1) is 23.0 Å². The van der Waals surface area contributed by atoms with Crippen LogP contribution in [-0.4, -0.2) is 31.0 Å². The molecule has 0 unspecified atom stereocenters. The van der Waals surface area contributed by atoms with Gasteiger partial charge in [0.2, 0.25) is 15.9 Å². The fourth-order valence-electron chi connectivity index (χ4n) is 3.57. The zero-order valence-corrected chi connectivity index (χ0v) is 20.3. The molecule has 0 aliphatic heterocycles. The summed E-state index contributed by atoms with van der Waals surface area (Å²) >= 11 is 1.30. The van der Waals surface area contributed by atoms with Gasteiger partial charge in [-0.05, 0) is 42.8 Å². The number of aryl methyl sites for hydroxylation is 1. The van der Waals surface area contributed by atoms with Crippen LogP contribution in [0, 0.1) is 0 Å². The Morgan fingerprint density at radius 3 is 2.56 bits per heavy atom. The maximum atomic E-state index is 13.4. The molecule has 0 radical (unpaired) electrons. The van der Waals surface area contributed by atoms with Gasteiger partial charge >= 0.3 is 0 Å². The van der Waals surface area contributed by atoms with Crippen molar-refractivity contribution in [3.63, 3.8) is 0 Å². The van der Waals surface area contributed by atoms with E-state index in [4.69, 9.17) is 9.88 Å². The van der Waals surface area contributed by atoms with E-state index in [-0.39, 0.29) is 10.8 Å². The number of thioether (sulfide) groups is 1. The molecule has 0 aliphatic rings. The summed E-state index contributed by atoms with van der Waals surface area (Å²) in [5.74, 6) is 0.421. The first kappa shape index (κ1) is 23.8. The van der Waals surface area contributed by atoms with E-state index in [1.807, 2.05) is 41.8 Å². The zero-order valence-electron chi connectivity index (χ0n) is 18.6. The number of anilines is 1. The van der Waals surface area contributed by atoms with Crippen molar-refractivity contribution in [3.8, 4) is 5.75 Å².